The minimum atomic E-state index is -0.782. The van der Waals surface area contributed by atoms with E-state index in [0.29, 0.717) is 29.5 Å². The van der Waals surface area contributed by atoms with Crippen molar-refractivity contribution in [3.63, 3.8) is 0 Å². The van der Waals surface area contributed by atoms with Crippen molar-refractivity contribution in [2.24, 2.45) is 5.92 Å². The van der Waals surface area contributed by atoms with E-state index in [9.17, 15) is 9.59 Å². The number of aliphatic carboxylic acids is 1. The average Bonchev–Trinajstić information content (AvgIpc) is 2.42. The van der Waals surface area contributed by atoms with Crippen molar-refractivity contribution in [1.82, 2.24) is 10.3 Å². The van der Waals surface area contributed by atoms with E-state index in [1.54, 1.807) is 6.07 Å². The monoisotopic (exact) mass is 312 g/mol. The van der Waals surface area contributed by atoms with Gasteiger partial charge in [0.25, 0.3) is 5.91 Å². The van der Waals surface area contributed by atoms with Gasteiger partial charge in [0.2, 0.25) is 0 Å². The Labute approximate surface area is 129 Å². The Morgan fingerprint density at radius 1 is 1.43 bits per heavy atom. The summed E-state index contributed by atoms with van der Waals surface area (Å²) in [5, 5.41) is 11.9. The lowest BCUT2D eigenvalue weighted by atomic mass is 9.96. The summed E-state index contributed by atoms with van der Waals surface area (Å²) in [5.41, 5.74) is 1.12. The van der Waals surface area contributed by atoms with Crippen LogP contribution in [0.15, 0.2) is 12.3 Å². The van der Waals surface area contributed by atoms with Crippen LogP contribution in [0.2, 0.25) is 5.02 Å². The van der Waals surface area contributed by atoms with E-state index >= 15 is 0 Å². The van der Waals surface area contributed by atoms with Gasteiger partial charge in [-0.3, -0.25) is 14.6 Å². The summed E-state index contributed by atoms with van der Waals surface area (Å²) in [5.74, 6) is -0.733. The van der Waals surface area contributed by atoms with Crippen LogP contribution < -0.4 is 5.32 Å². The zero-order valence-electron chi connectivity index (χ0n) is 12.4. The van der Waals surface area contributed by atoms with Gasteiger partial charge in [0.05, 0.1) is 10.6 Å². The highest BCUT2D eigenvalue weighted by atomic mass is 35.5. The molecule has 1 heterocycles. The van der Waals surface area contributed by atoms with Gasteiger partial charge in [-0.15, -0.1) is 0 Å². The standard InChI is InChI=1S/C15H21ClN2O3/c1-3-11(4-5-14(19)20)6-7-17-15(21)12-9-18-10(2)8-13(12)16/h8-9,11H,3-7H2,1-2H3,(H,17,21)(H,19,20). The lowest BCUT2D eigenvalue weighted by Gasteiger charge is -2.14. The predicted molar refractivity (Wildman–Crippen MR) is 81.6 cm³/mol. The molecule has 0 aliphatic carbocycles. The Balaban J connectivity index is 2.43. The van der Waals surface area contributed by atoms with E-state index in [1.807, 2.05) is 13.8 Å². The summed E-state index contributed by atoms with van der Waals surface area (Å²) in [4.78, 5) is 26.6. The van der Waals surface area contributed by atoms with E-state index in [0.717, 1.165) is 18.5 Å². The molecular weight excluding hydrogens is 292 g/mol. The first-order valence-electron chi connectivity index (χ1n) is 7.06. The normalized spacial score (nSPS) is 12.0. The zero-order valence-corrected chi connectivity index (χ0v) is 13.1. The number of nitrogens with one attached hydrogen (secondary N) is 1. The van der Waals surface area contributed by atoms with Crippen LogP contribution in [0.1, 0.15) is 48.7 Å². The van der Waals surface area contributed by atoms with E-state index in [4.69, 9.17) is 16.7 Å². The van der Waals surface area contributed by atoms with Gasteiger partial charge in [0.1, 0.15) is 0 Å². The van der Waals surface area contributed by atoms with Gasteiger partial charge in [0.15, 0.2) is 0 Å². The quantitative estimate of drug-likeness (QED) is 0.773. The molecule has 5 nitrogen and oxygen atoms in total. The number of aryl methyl sites for hydroxylation is 1. The highest BCUT2D eigenvalue weighted by Gasteiger charge is 2.13. The molecule has 21 heavy (non-hydrogen) atoms. The fourth-order valence-corrected chi connectivity index (χ4v) is 2.35. The highest BCUT2D eigenvalue weighted by Crippen LogP contribution is 2.17. The van der Waals surface area contributed by atoms with Crippen molar-refractivity contribution in [2.75, 3.05) is 6.54 Å². The molecule has 1 aromatic rings. The number of pyridine rings is 1. The molecule has 0 saturated carbocycles. The van der Waals surface area contributed by atoms with Crippen molar-refractivity contribution in [1.29, 1.82) is 0 Å². The summed E-state index contributed by atoms with van der Waals surface area (Å²) >= 11 is 6.01. The summed E-state index contributed by atoms with van der Waals surface area (Å²) in [7, 11) is 0. The van der Waals surface area contributed by atoms with Gasteiger partial charge < -0.3 is 10.4 Å². The number of amides is 1. The van der Waals surface area contributed by atoms with E-state index in [-0.39, 0.29) is 12.3 Å². The number of carbonyl (C=O) groups excluding carboxylic acids is 1. The highest BCUT2D eigenvalue weighted by molar-refractivity contribution is 6.33. The molecule has 116 valence electrons. The molecule has 0 radical (unpaired) electrons. The van der Waals surface area contributed by atoms with Crippen molar-refractivity contribution in [2.45, 2.75) is 39.5 Å². The fraction of sp³-hybridized carbons (Fsp3) is 0.533. The molecule has 1 aromatic heterocycles. The lowest BCUT2D eigenvalue weighted by Crippen LogP contribution is -2.26. The largest absolute Gasteiger partial charge is 0.481 e. The number of carbonyl (C=O) groups is 2. The van der Waals surface area contributed by atoms with Crippen molar-refractivity contribution in [3.8, 4) is 0 Å². The summed E-state index contributed by atoms with van der Waals surface area (Å²) < 4.78 is 0. The number of hydrogen-bond acceptors (Lipinski definition) is 3. The molecule has 0 spiro atoms. The third-order valence-corrected chi connectivity index (χ3v) is 3.73. The Hall–Kier alpha value is -1.62. The summed E-state index contributed by atoms with van der Waals surface area (Å²) in [6.07, 6.45) is 3.92. The fourth-order valence-electron chi connectivity index (χ4n) is 2.06. The minimum Gasteiger partial charge on any atom is -0.481 e. The number of hydrogen-bond donors (Lipinski definition) is 2. The number of nitrogens with zero attached hydrogens (tertiary/aromatic N) is 1. The maximum absolute atomic E-state index is 12.0. The number of carboxylic acids is 1. The minimum absolute atomic E-state index is 0.167. The third-order valence-electron chi connectivity index (χ3n) is 3.42. The Kier molecular flexibility index (Phi) is 7.15. The summed E-state index contributed by atoms with van der Waals surface area (Å²) in [6, 6.07) is 1.65. The van der Waals surface area contributed by atoms with Gasteiger partial charge in [-0.1, -0.05) is 24.9 Å². The molecule has 2 N–H and O–H groups in total. The van der Waals surface area contributed by atoms with Crippen LogP contribution in [0.3, 0.4) is 0 Å². The van der Waals surface area contributed by atoms with Crippen LogP contribution in [0.4, 0.5) is 0 Å². The van der Waals surface area contributed by atoms with Crippen LogP contribution in [0.25, 0.3) is 0 Å². The van der Waals surface area contributed by atoms with Crippen LogP contribution in [-0.2, 0) is 4.79 Å². The molecule has 0 bridgehead atoms. The maximum atomic E-state index is 12.0. The predicted octanol–water partition coefficient (Wildman–Crippen LogP) is 3.05. The topological polar surface area (TPSA) is 79.3 Å². The molecule has 0 aromatic carbocycles. The first kappa shape index (κ1) is 17.4. The maximum Gasteiger partial charge on any atom is 0.303 e. The Morgan fingerprint density at radius 2 is 2.14 bits per heavy atom. The smallest absolute Gasteiger partial charge is 0.303 e. The first-order valence-corrected chi connectivity index (χ1v) is 7.44. The first-order chi connectivity index (χ1) is 9.93. The third kappa shape index (κ3) is 6.12. The molecule has 0 aliphatic rings. The van der Waals surface area contributed by atoms with Crippen LogP contribution in [0, 0.1) is 12.8 Å². The molecule has 6 heteroatoms. The zero-order chi connectivity index (χ0) is 15.8. The second-order valence-electron chi connectivity index (χ2n) is 5.06. The van der Waals surface area contributed by atoms with Crippen LogP contribution >= 0.6 is 11.6 Å². The number of rotatable bonds is 8. The van der Waals surface area contributed by atoms with E-state index in [2.05, 4.69) is 10.3 Å². The van der Waals surface area contributed by atoms with Gasteiger partial charge in [-0.25, -0.2) is 0 Å². The molecule has 1 rings (SSSR count). The van der Waals surface area contributed by atoms with Gasteiger partial charge in [0, 0.05) is 24.9 Å². The molecule has 0 saturated heterocycles. The number of halogens is 1. The Bertz CT molecular complexity index is 506. The van der Waals surface area contributed by atoms with Crippen molar-refractivity contribution < 1.29 is 14.7 Å². The molecule has 0 aliphatic heterocycles. The number of carboxylic acid groups (broad SMARTS) is 1. The molecular formula is C15H21ClN2O3. The van der Waals surface area contributed by atoms with Crippen molar-refractivity contribution in [3.05, 3.63) is 28.5 Å². The summed E-state index contributed by atoms with van der Waals surface area (Å²) in [6.45, 7) is 4.33. The van der Waals surface area contributed by atoms with E-state index in [1.165, 1.54) is 6.20 Å². The van der Waals surface area contributed by atoms with Gasteiger partial charge in [-0.05, 0) is 31.7 Å². The van der Waals surface area contributed by atoms with E-state index < -0.39 is 5.97 Å². The average molecular weight is 313 g/mol. The molecule has 1 amide bonds. The molecule has 1 unspecified atom stereocenters. The van der Waals surface area contributed by atoms with Crippen LogP contribution in [-0.4, -0.2) is 28.5 Å². The Morgan fingerprint density at radius 3 is 2.71 bits per heavy atom. The van der Waals surface area contributed by atoms with Gasteiger partial charge in [-0.2, -0.15) is 0 Å². The SMILES string of the molecule is CCC(CCNC(=O)c1cnc(C)cc1Cl)CCC(=O)O. The van der Waals surface area contributed by atoms with Gasteiger partial charge >= 0.3 is 5.97 Å². The van der Waals surface area contributed by atoms with Crippen molar-refractivity contribution >= 4 is 23.5 Å². The number of aromatic nitrogens is 1. The second kappa shape index (κ2) is 8.62. The van der Waals surface area contributed by atoms with Crippen LogP contribution in [0.5, 0.6) is 0 Å². The second-order valence-corrected chi connectivity index (χ2v) is 5.46. The molecule has 1 atom stereocenters. The lowest BCUT2D eigenvalue weighted by molar-refractivity contribution is -0.137. The molecule has 0 fully saturated rings.